The number of nitrogens with one attached hydrogen (secondary N) is 1. The standard InChI is InChI=1S/C23H18ClNO3S2/c1-3-13-8-10-14(11-9-13)16-12-29-22(18(16)23(27)28-2)25-21(26)20-19(24)15-6-4-5-7-17(15)30-20/h4-12H,3H2,1-2H3,(H,25,26). The Bertz CT molecular complexity index is 1240. The highest BCUT2D eigenvalue weighted by Crippen LogP contribution is 2.39. The Morgan fingerprint density at radius 3 is 2.50 bits per heavy atom. The van der Waals surface area contributed by atoms with Crippen LogP contribution in [0.5, 0.6) is 0 Å². The van der Waals surface area contributed by atoms with Crippen molar-refractivity contribution in [3.8, 4) is 11.1 Å². The number of benzene rings is 2. The largest absolute Gasteiger partial charge is 0.465 e. The molecule has 1 amide bonds. The van der Waals surface area contributed by atoms with Gasteiger partial charge in [-0.2, -0.15) is 0 Å². The summed E-state index contributed by atoms with van der Waals surface area (Å²) in [4.78, 5) is 25.9. The number of rotatable bonds is 5. The van der Waals surface area contributed by atoms with E-state index >= 15 is 0 Å². The topological polar surface area (TPSA) is 55.4 Å². The maximum absolute atomic E-state index is 13.0. The van der Waals surface area contributed by atoms with Crippen LogP contribution in [0.15, 0.2) is 53.9 Å². The molecule has 4 aromatic rings. The minimum absolute atomic E-state index is 0.345. The van der Waals surface area contributed by atoms with Crippen LogP contribution in [0.4, 0.5) is 5.00 Å². The van der Waals surface area contributed by atoms with Gasteiger partial charge in [0.15, 0.2) is 0 Å². The van der Waals surface area contributed by atoms with Gasteiger partial charge in [-0.25, -0.2) is 4.79 Å². The molecule has 0 atom stereocenters. The first-order valence-corrected chi connectivity index (χ1v) is 11.4. The first-order chi connectivity index (χ1) is 14.5. The smallest absolute Gasteiger partial charge is 0.341 e. The molecule has 0 bridgehead atoms. The zero-order valence-electron chi connectivity index (χ0n) is 16.3. The number of amides is 1. The summed E-state index contributed by atoms with van der Waals surface area (Å²) in [7, 11) is 1.33. The van der Waals surface area contributed by atoms with Crippen molar-refractivity contribution in [2.75, 3.05) is 12.4 Å². The lowest BCUT2D eigenvalue weighted by Crippen LogP contribution is -2.13. The highest BCUT2D eigenvalue weighted by atomic mass is 35.5. The third-order valence-electron chi connectivity index (χ3n) is 4.82. The van der Waals surface area contributed by atoms with E-state index in [9.17, 15) is 9.59 Å². The number of ether oxygens (including phenoxy) is 1. The van der Waals surface area contributed by atoms with Crippen molar-refractivity contribution in [3.05, 3.63) is 74.9 Å². The summed E-state index contributed by atoms with van der Waals surface area (Å²) in [6, 6.07) is 15.6. The summed E-state index contributed by atoms with van der Waals surface area (Å²) < 4.78 is 5.93. The highest BCUT2D eigenvalue weighted by Gasteiger charge is 2.24. The molecule has 0 fully saturated rings. The monoisotopic (exact) mass is 455 g/mol. The fourth-order valence-electron chi connectivity index (χ4n) is 3.21. The number of methoxy groups -OCH3 is 1. The number of thiophene rings is 2. The van der Waals surface area contributed by atoms with Crippen LogP contribution in [0.25, 0.3) is 21.2 Å². The van der Waals surface area contributed by atoms with Crippen molar-refractivity contribution in [3.63, 3.8) is 0 Å². The molecule has 1 N–H and O–H groups in total. The Labute approximate surface area is 187 Å². The molecular weight excluding hydrogens is 438 g/mol. The SMILES string of the molecule is CCc1ccc(-c2csc(NC(=O)c3sc4ccccc4c3Cl)c2C(=O)OC)cc1. The lowest BCUT2D eigenvalue weighted by atomic mass is 10.0. The molecule has 30 heavy (non-hydrogen) atoms. The average molecular weight is 456 g/mol. The van der Waals surface area contributed by atoms with Gasteiger partial charge in [-0.3, -0.25) is 4.79 Å². The fourth-order valence-corrected chi connectivity index (χ4v) is 5.57. The van der Waals surface area contributed by atoms with E-state index in [0.717, 1.165) is 27.6 Å². The van der Waals surface area contributed by atoms with E-state index in [0.29, 0.717) is 20.5 Å². The molecule has 4 rings (SSSR count). The summed E-state index contributed by atoms with van der Waals surface area (Å²) in [5, 5.41) is 6.41. The third kappa shape index (κ3) is 3.74. The molecule has 2 aromatic heterocycles. The number of carbonyl (C=O) groups is 2. The number of carbonyl (C=O) groups excluding carboxylic acids is 2. The van der Waals surface area contributed by atoms with Crippen LogP contribution in [0.1, 0.15) is 32.5 Å². The van der Waals surface area contributed by atoms with Gasteiger partial charge in [0.1, 0.15) is 15.4 Å². The van der Waals surface area contributed by atoms with Crippen LogP contribution in [0, 0.1) is 0 Å². The predicted octanol–water partition coefficient (Wildman–Crippen LogP) is 6.88. The molecule has 0 unspecified atom stereocenters. The van der Waals surface area contributed by atoms with Crippen molar-refractivity contribution in [1.82, 2.24) is 0 Å². The van der Waals surface area contributed by atoms with Crippen LogP contribution in [-0.2, 0) is 11.2 Å². The van der Waals surface area contributed by atoms with Crippen LogP contribution < -0.4 is 5.32 Å². The van der Waals surface area contributed by atoms with E-state index in [-0.39, 0.29) is 5.91 Å². The van der Waals surface area contributed by atoms with E-state index in [1.807, 2.05) is 53.9 Å². The minimum Gasteiger partial charge on any atom is -0.465 e. The number of hydrogen-bond acceptors (Lipinski definition) is 5. The van der Waals surface area contributed by atoms with Gasteiger partial charge in [-0.05, 0) is 23.6 Å². The molecule has 0 aliphatic heterocycles. The normalized spacial score (nSPS) is 10.9. The fraction of sp³-hybridized carbons (Fsp3) is 0.130. The van der Waals surface area contributed by atoms with Crippen molar-refractivity contribution in [1.29, 1.82) is 0 Å². The van der Waals surface area contributed by atoms with E-state index in [2.05, 4.69) is 12.2 Å². The molecule has 4 nitrogen and oxygen atoms in total. The Kier molecular flexibility index (Phi) is 5.90. The lowest BCUT2D eigenvalue weighted by Gasteiger charge is -2.08. The van der Waals surface area contributed by atoms with Crippen LogP contribution in [-0.4, -0.2) is 19.0 Å². The van der Waals surface area contributed by atoms with Gasteiger partial charge in [0.25, 0.3) is 5.91 Å². The summed E-state index contributed by atoms with van der Waals surface area (Å²) in [5.74, 6) is -0.843. The predicted molar refractivity (Wildman–Crippen MR) is 125 cm³/mol. The molecule has 2 aromatic carbocycles. The second-order valence-electron chi connectivity index (χ2n) is 6.59. The number of fused-ring (bicyclic) bond motifs is 1. The first kappa shape index (κ1) is 20.6. The molecule has 0 radical (unpaired) electrons. The van der Waals surface area contributed by atoms with Crippen molar-refractivity contribution >= 4 is 61.2 Å². The Morgan fingerprint density at radius 2 is 1.83 bits per heavy atom. The Hall–Kier alpha value is -2.67. The molecule has 0 saturated heterocycles. The van der Waals surface area contributed by atoms with Gasteiger partial charge >= 0.3 is 5.97 Å². The van der Waals surface area contributed by atoms with E-state index in [4.69, 9.17) is 16.3 Å². The number of aryl methyl sites for hydroxylation is 1. The molecule has 7 heteroatoms. The molecule has 2 heterocycles. The number of hydrogen-bond donors (Lipinski definition) is 1. The summed E-state index contributed by atoms with van der Waals surface area (Å²) in [6.07, 6.45) is 0.936. The lowest BCUT2D eigenvalue weighted by molar-refractivity contribution is 0.0603. The Morgan fingerprint density at radius 1 is 1.10 bits per heavy atom. The van der Waals surface area contributed by atoms with Crippen LogP contribution in [0.3, 0.4) is 0 Å². The molecular formula is C23H18ClNO3S2. The number of anilines is 1. The zero-order valence-corrected chi connectivity index (χ0v) is 18.7. The average Bonchev–Trinajstić information content (AvgIpc) is 3.34. The quantitative estimate of drug-likeness (QED) is 0.333. The van der Waals surface area contributed by atoms with Crippen LogP contribution >= 0.6 is 34.3 Å². The molecule has 0 aliphatic rings. The summed E-state index contributed by atoms with van der Waals surface area (Å²) in [5.41, 5.74) is 3.18. The third-order valence-corrected chi connectivity index (χ3v) is 7.39. The zero-order chi connectivity index (χ0) is 21.3. The minimum atomic E-state index is -0.497. The van der Waals surface area contributed by atoms with E-state index in [1.165, 1.54) is 35.3 Å². The second kappa shape index (κ2) is 8.60. The molecule has 0 aliphatic carbocycles. The molecule has 0 saturated carbocycles. The van der Waals surface area contributed by atoms with Gasteiger partial charge in [-0.15, -0.1) is 22.7 Å². The van der Waals surface area contributed by atoms with Crippen molar-refractivity contribution < 1.29 is 14.3 Å². The van der Waals surface area contributed by atoms with Gasteiger partial charge < -0.3 is 10.1 Å². The van der Waals surface area contributed by atoms with Gasteiger partial charge in [0, 0.05) is 21.0 Å². The molecule has 152 valence electrons. The second-order valence-corrected chi connectivity index (χ2v) is 8.90. The summed E-state index contributed by atoms with van der Waals surface area (Å²) >= 11 is 9.05. The van der Waals surface area contributed by atoms with E-state index < -0.39 is 5.97 Å². The first-order valence-electron chi connectivity index (χ1n) is 9.31. The van der Waals surface area contributed by atoms with Gasteiger partial charge in [-0.1, -0.05) is 61.0 Å². The van der Waals surface area contributed by atoms with Crippen molar-refractivity contribution in [2.24, 2.45) is 0 Å². The molecule has 0 spiro atoms. The number of halogens is 1. The summed E-state index contributed by atoms with van der Waals surface area (Å²) in [6.45, 7) is 2.09. The highest BCUT2D eigenvalue weighted by molar-refractivity contribution is 7.22. The van der Waals surface area contributed by atoms with Crippen LogP contribution in [0.2, 0.25) is 5.02 Å². The Balaban J connectivity index is 1.71. The van der Waals surface area contributed by atoms with E-state index in [1.54, 1.807) is 0 Å². The van der Waals surface area contributed by atoms with Gasteiger partial charge in [0.05, 0.1) is 12.1 Å². The number of esters is 1. The van der Waals surface area contributed by atoms with Crippen molar-refractivity contribution in [2.45, 2.75) is 13.3 Å². The van der Waals surface area contributed by atoms with Gasteiger partial charge in [0.2, 0.25) is 0 Å². The maximum Gasteiger partial charge on any atom is 0.341 e. The maximum atomic E-state index is 13.0.